The zero-order valence-electron chi connectivity index (χ0n) is 14.5. The molecule has 0 aromatic carbocycles. The SMILES string of the molecule is CCCCC(CN)NC(=O)C1CCCN1c1ncnc2sccc12.Cl. The van der Waals surface area contributed by atoms with E-state index in [-0.39, 0.29) is 30.4 Å². The minimum Gasteiger partial charge on any atom is -0.350 e. The molecule has 3 heterocycles. The Hall–Kier alpha value is -1.44. The van der Waals surface area contributed by atoms with Gasteiger partial charge in [0.15, 0.2) is 0 Å². The molecule has 0 aliphatic carbocycles. The Bertz CT molecular complexity index is 694. The highest BCUT2D eigenvalue weighted by molar-refractivity contribution is 7.16. The van der Waals surface area contributed by atoms with Crippen LogP contribution in [0.4, 0.5) is 5.82 Å². The lowest BCUT2D eigenvalue weighted by atomic mass is 10.1. The Labute approximate surface area is 158 Å². The van der Waals surface area contributed by atoms with Crippen LogP contribution in [0.5, 0.6) is 0 Å². The Morgan fingerprint density at radius 2 is 2.36 bits per heavy atom. The fourth-order valence-corrected chi connectivity index (χ4v) is 4.02. The van der Waals surface area contributed by atoms with Gasteiger partial charge in [0.25, 0.3) is 0 Å². The van der Waals surface area contributed by atoms with Crippen LogP contribution in [0, 0.1) is 0 Å². The molecule has 2 aromatic heterocycles. The molecule has 0 bridgehead atoms. The van der Waals surface area contributed by atoms with Crippen molar-refractivity contribution in [3.05, 3.63) is 17.8 Å². The Balaban J connectivity index is 0.00000225. The highest BCUT2D eigenvalue weighted by Crippen LogP contribution is 2.31. The average Bonchev–Trinajstić information content (AvgIpc) is 3.26. The standard InChI is InChI=1S/C17H25N5OS.ClH/c1-2-3-5-12(10-18)21-16(23)14-6-4-8-22(14)15-13-7-9-24-17(13)20-11-19-15;/h7,9,11-12,14H,2-6,8,10,18H2,1H3,(H,21,23);1H. The molecule has 0 radical (unpaired) electrons. The predicted molar refractivity (Wildman–Crippen MR) is 106 cm³/mol. The van der Waals surface area contributed by atoms with Gasteiger partial charge in [-0.2, -0.15) is 0 Å². The van der Waals surface area contributed by atoms with Crippen molar-refractivity contribution in [2.75, 3.05) is 18.0 Å². The molecule has 0 saturated carbocycles. The third-order valence-electron chi connectivity index (χ3n) is 4.61. The molecule has 1 aliphatic rings. The highest BCUT2D eigenvalue weighted by Gasteiger charge is 2.33. The molecule has 1 saturated heterocycles. The second kappa shape index (κ2) is 9.31. The highest BCUT2D eigenvalue weighted by atomic mass is 35.5. The van der Waals surface area contributed by atoms with E-state index in [0.717, 1.165) is 54.7 Å². The zero-order valence-corrected chi connectivity index (χ0v) is 16.1. The number of nitrogens with zero attached hydrogens (tertiary/aromatic N) is 3. The molecule has 1 fully saturated rings. The van der Waals surface area contributed by atoms with E-state index in [1.807, 2.05) is 11.4 Å². The largest absolute Gasteiger partial charge is 0.350 e. The molecule has 1 aliphatic heterocycles. The summed E-state index contributed by atoms with van der Waals surface area (Å²) in [5.74, 6) is 0.942. The Morgan fingerprint density at radius 1 is 1.52 bits per heavy atom. The number of thiophene rings is 1. The summed E-state index contributed by atoms with van der Waals surface area (Å²) in [5.41, 5.74) is 5.82. The summed E-state index contributed by atoms with van der Waals surface area (Å²) >= 11 is 1.60. The van der Waals surface area contributed by atoms with E-state index >= 15 is 0 Å². The van der Waals surface area contributed by atoms with E-state index in [1.54, 1.807) is 17.7 Å². The maximum absolute atomic E-state index is 12.8. The minimum atomic E-state index is -0.168. The van der Waals surface area contributed by atoms with Crippen LogP contribution in [0.2, 0.25) is 0 Å². The smallest absolute Gasteiger partial charge is 0.243 e. The van der Waals surface area contributed by atoms with E-state index in [0.29, 0.717) is 6.54 Å². The van der Waals surface area contributed by atoms with E-state index in [4.69, 9.17) is 5.73 Å². The molecular formula is C17H26ClN5OS. The van der Waals surface area contributed by atoms with Crippen LogP contribution in [-0.4, -0.2) is 41.0 Å². The molecule has 6 nitrogen and oxygen atoms in total. The van der Waals surface area contributed by atoms with Crippen molar-refractivity contribution < 1.29 is 4.79 Å². The minimum absolute atomic E-state index is 0. The molecule has 2 atom stereocenters. The van der Waals surface area contributed by atoms with Gasteiger partial charge in [0.1, 0.15) is 23.0 Å². The van der Waals surface area contributed by atoms with Gasteiger partial charge >= 0.3 is 0 Å². The van der Waals surface area contributed by atoms with Crippen molar-refractivity contribution in [2.24, 2.45) is 5.73 Å². The van der Waals surface area contributed by atoms with Gasteiger partial charge in [0, 0.05) is 19.1 Å². The summed E-state index contributed by atoms with van der Waals surface area (Å²) in [6, 6.07) is 1.93. The first-order valence-electron chi connectivity index (χ1n) is 8.70. The summed E-state index contributed by atoms with van der Waals surface area (Å²) < 4.78 is 0. The summed E-state index contributed by atoms with van der Waals surface area (Å²) in [5, 5.41) is 6.19. The number of carbonyl (C=O) groups is 1. The molecule has 8 heteroatoms. The lowest BCUT2D eigenvalue weighted by molar-refractivity contribution is -0.122. The Kier molecular flexibility index (Phi) is 7.40. The maximum atomic E-state index is 12.8. The number of aromatic nitrogens is 2. The van der Waals surface area contributed by atoms with Crippen molar-refractivity contribution in [2.45, 2.75) is 51.1 Å². The lowest BCUT2D eigenvalue weighted by Crippen LogP contribution is -2.49. The Morgan fingerprint density at radius 3 is 3.12 bits per heavy atom. The third-order valence-corrected chi connectivity index (χ3v) is 5.43. The van der Waals surface area contributed by atoms with Crippen molar-refractivity contribution in [3.63, 3.8) is 0 Å². The van der Waals surface area contributed by atoms with Crippen molar-refractivity contribution in [1.82, 2.24) is 15.3 Å². The van der Waals surface area contributed by atoms with Gasteiger partial charge in [-0.05, 0) is 30.7 Å². The normalized spacial score (nSPS) is 18.2. The number of unbranched alkanes of at least 4 members (excludes halogenated alkanes) is 1. The third kappa shape index (κ3) is 4.40. The van der Waals surface area contributed by atoms with Crippen LogP contribution in [0.3, 0.4) is 0 Å². The van der Waals surface area contributed by atoms with Gasteiger partial charge < -0.3 is 16.0 Å². The van der Waals surface area contributed by atoms with Crippen molar-refractivity contribution >= 4 is 45.7 Å². The molecule has 2 unspecified atom stereocenters. The zero-order chi connectivity index (χ0) is 16.9. The van der Waals surface area contributed by atoms with Gasteiger partial charge in [0.05, 0.1) is 5.39 Å². The topological polar surface area (TPSA) is 84.1 Å². The quantitative estimate of drug-likeness (QED) is 0.767. The summed E-state index contributed by atoms with van der Waals surface area (Å²) in [6.07, 6.45) is 6.57. The fourth-order valence-electron chi connectivity index (χ4n) is 3.30. The molecule has 3 rings (SSSR count). The monoisotopic (exact) mass is 383 g/mol. The number of nitrogens with two attached hydrogens (primary N) is 1. The molecule has 138 valence electrons. The number of nitrogens with one attached hydrogen (secondary N) is 1. The summed E-state index contributed by atoms with van der Waals surface area (Å²) in [7, 11) is 0. The molecular weight excluding hydrogens is 358 g/mol. The van der Waals surface area contributed by atoms with Crippen LogP contribution in [0.1, 0.15) is 39.0 Å². The maximum Gasteiger partial charge on any atom is 0.243 e. The molecule has 0 spiro atoms. The number of fused-ring (bicyclic) bond motifs is 1. The first kappa shape index (κ1) is 19.9. The van der Waals surface area contributed by atoms with Crippen LogP contribution in [-0.2, 0) is 4.79 Å². The van der Waals surface area contributed by atoms with Crippen LogP contribution in [0.15, 0.2) is 17.8 Å². The van der Waals surface area contributed by atoms with E-state index in [1.165, 1.54) is 0 Å². The fraction of sp³-hybridized carbons (Fsp3) is 0.588. The number of hydrogen-bond acceptors (Lipinski definition) is 6. The van der Waals surface area contributed by atoms with Gasteiger partial charge in [0.2, 0.25) is 5.91 Å². The lowest BCUT2D eigenvalue weighted by Gasteiger charge is -2.27. The van der Waals surface area contributed by atoms with E-state index in [9.17, 15) is 4.79 Å². The van der Waals surface area contributed by atoms with Crippen molar-refractivity contribution in [1.29, 1.82) is 0 Å². The van der Waals surface area contributed by atoms with E-state index in [2.05, 4.69) is 27.1 Å². The summed E-state index contributed by atoms with van der Waals surface area (Å²) in [6.45, 7) is 3.48. The average molecular weight is 384 g/mol. The number of hydrogen-bond donors (Lipinski definition) is 2. The molecule has 3 N–H and O–H groups in total. The number of halogens is 1. The summed E-state index contributed by atoms with van der Waals surface area (Å²) in [4.78, 5) is 24.6. The van der Waals surface area contributed by atoms with Crippen LogP contribution in [0.25, 0.3) is 10.2 Å². The van der Waals surface area contributed by atoms with Gasteiger partial charge in [-0.3, -0.25) is 4.79 Å². The predicted octanol–water partition coefficient (Wildman–Crippen LogP) is 2.72. The van der Waals surface area contributed by atoms with Crippen LogP contribution < -0.4 is 16.0 Å². The first-order valence-corrected chi connectivity index (χ1v) is 9.57. The van der Waals surface area contributed by atoms with E-state index < -0.39 is 0 Å². The van der Waals surface area contributed by atoms with Crippen molar-refractivity contribution in [3.8, 4) is 0 Å². The first-order chi connectivity index (χ1) is 11.7. The van der Waals surface area contributed by atoms with Gasteiger partial charge in [-0.15, -0.1) is 23.7 Å². The molecule has 2 aromatic rings. The second-order valence-corrected chi connectivity index (χ2v) is 7.17. The van der Waals surface area contributed by atoms with Crippen LogP contribution >= 0.6 is 23.7 Å². The number of carbonyl (C=O) groups excluding carboxylic acids is 1. The number of anilines is 1. The molecule has 1 amide bonds. The molecule has 25 heavy (non-hydrogen) atoms. The number of amides is 1. The number of rotatable bonds is 7. The van der Waals surface area contributed by atoms with Gasteiger partial charge in [-0.1, -0.05) is 19.8 Å². The second-order valence-electron chi connectivity index (χ2n) is 6.27. The van der Waals surface area contributed by atoms with Gasteiger partial charge in [-0.25, -0.2) is 9.97 Å².